The van der Waals surface area contributed by atoms with E-state index in [0.29, 0.717) is 46.9 Å². The van der Waals surface area contributed by atoms with E-state index < -0.39 is 0 Å². The number of benzene rings is 2. The molecule has 1 aromatic heterocycles. The third-order valence-electron chi connectivity index (χ3n) is 4.24. The molecule has 29 heavy (non-hydrogen) atoms. The van der Waals surface area contributed by atoms with Gasteiger partial charge in [0.2, 0.25) is 0 Å². The van der Waals surface area contributed by atoms with Crippen LogP contribution in [-0.4, -0.2) is 23.0 Å². The quantitative estimate of drug-likeness (QED) is 0.668. The molecule has 0 aliphatic carbocycles. The maximum atomic E-state index is 13.2. The van der Waals surface area contributed by atoms with Gasteiger partial charge in [0, 0.05) is 0 Å². The van der Waals surface area contributed by atoms with E-state index in [4.69, 9.17) is 9.47 Å². The second-order valence-corrected chi connectivity index (χ2v) is 7.11. The van der Waals surface area contributed by atoms with E-state index >= 15 is 0 Å². The molecule has 0 saturated heterocycles. The number of ether oxygens (including phenoxy) is 2. The zero-order valence-corrected chi connectivity index (χ0v) is 16.9. The lowest BCUT2D eigenvalue weighted by Crippen LogP contribution is -2.33. The summed E-state index contributed by atoms with van der Waals surface area (Å²) in [6.45, 7) is 11.1. The summed E-state index contributed by atoms with van der Waals surface area (Å²) in [5.74, 6) is 1.33. The Bertz CT molecular complexity index is 1140. The van der Waals surface area contributed by atoms with E-state index in [0.717, 1.165) is 5.56 Å². The maximum Gasteiger partial charge on any atom is 0.279 e. The van der Waals surface area contributed by atoms with Gasteiger partial charge in [-0.05, 0) is 60.9 Å². The van der Waals surface area contributed by atoms with Crippen LogP contribution >= 0.6 is 0 Å². The zero-order valence-electron chi connectivity index (χ0n) is 16.9. The zero-order chi connectivity index (χ0) is 21.0. The minimum absolute atomic E-state index is 0.264. The molecule has 3 rings (SSSR count). The molecule has 0 unspecified atom stereocenters. The van der Waals surface area contributed by atoms with Gasteiger partial charge in [-0.15, -0.1) is 0 Å². The van der Waals surface area contributed by atoms with Gasteiger partial charge in [-0.1, -0.05) is 26.5 Å². The number of halogens is 1. The maximum absolute atomic E-state index is 13.2. The van der Waals surface area contributed by atoms with E-state index in [9.17, 15) is 9.18 Å². The van der Waals surface area contributed by atoms with Crippen LogP contribution in [0.3, 0.4) is 0 Å². The van der Waals surface area contributed by atoms with Crippen molar-refractivity contribution in [2.24, 2.45) is 5.92 Å². The Morgan fingerprint density at radius 1 is 1.14 bits per heavy atom. The van der Waals surface area contributed by atoms with Crippen LogP contribution in [-0.2, 0) is 0 Å². The van der Waals surface area contributed by atoms with Gasteiger partial charge in [0.1, 0.15) is 5.82 Å². The highest BCUT2D eigenvalue weighted by molar-refractivity contribution is 5.56. The number of H-pyrrole nitrogens is 1. The lowest BCUT2D eigenvalue weighted by Gasteiger charge is -2.13. The predicted octanol–water partition coefficient (Wildman–Crippen LogP) is 2.98. The average molecular weight is 396 g/mol. The van der Waals surface area contributed by atoms with Crippen molar-refractivity contribution in [1.82, 2.24) is 9.78 Å². The standard InChI is InChI=1S/C23H25FN2O3/c1-5-28-22-13-17(6-11-21(22)29-14-15(2)3)12-20-16(4)25-26(23(20)27)19-9-7-18(24)8-10-19/h6-13,15,25H,4-5,14H2,1-3H3/b20-12+. The third kappa shape index (κ3) is 4.77. The first kappa shape index (κ1) is 20.5. The number of rotatable bonds is 7. The molecule has 6 heteroatoms. The van der Waals surface area contributed by atoms with Crippen LogP contribution in [0.15, 0.2) is 47.3 Å². The molecule has 1 N–H and O–H groups in total. The minimum Gasteiger partial charge on any atom is -0.490 e. The summed E-state index contributed by atoms with van der Waals surface area (Å²) in [4.78, 5) is 12.8. The van der Waals surface area contributed by atoms with Crippen LogP contribution < -0.4 is 25.6 Å². The van der Waals surface area contributed by atoms with Gasteiger partial charge >= 0.3 is 0 Å². The summed E-state index contributed by atoms with van der Waals surface area (Å²) in [6, 6.07) is 11.2. The van der Waals surface area contributed by atoms with E-state index in [1.54, 1.807) is 6.08 Å². The predicted molar refractivity (Wildman–Crippen MR) is 113 cm³/mol. The Labute approximate surface area is 168 Å². The summed E-state index contributed by atoms with van der Waals surface area (Å²) >= 11 is 0. The Balaban J connectivity index is 2.02. The summed E-state index contributed by atoms with van der Waals surface area (Å²) in [5.41, 5.74) is 1.06. The fourth-order valence-corrected chi connectivity index (χ4v) is 2.84. The molecule has 0 saturated carbocycles. The van der Waals surface area contributed by atoms with Crippen molar-refractivity contribution >= 4 is 12.7 Å². The first-order valence-electron chi connectivity index (χ1n) is 9.56. The Morgan fingerprint density at radius 3 is 2.52 bits per heavy atom. The molecular weight excluding hydrogens is 371 g/mol. The molecule has 0 fully saturated rings. The van der Waals surface area contributed by atoms with Crippen LogP contribution in [0.5, 0.6) is 11.5 Å². The first-order chi connectivity index (χ1) is 13.9. The van der Waals surface area contributed by atoms with Gasteiger partial charge in [-0.2, -0.15) is 0 Å². The van der Waals surface area contributed by atoms with Crippen molar-refractivity contribution in [2.75, 3.05) is 13.2 Å². The van der Waals surface area contributed by atoms with Crippen LogP contribution in [0.2, 0.25) is 0 Å². The topological polar surface area (TPSA) is 56.2 Å². The van der Waals surface area contributed by atoms with Crippen molar-refractivity contribution in [3.05, 3.63) is 74.8 Å². The number of nitrogens with zero attached hydrogens (tertiary/aromatic N) is 1. The number of aromatic amines is 1. The smallest absolute Gasteiger partial charge is 0.279 e. The Kier molecular flexibility index (Phi) is 6.22. The fourth-order valence-electron chi connectivity index (χ4n) is 2.84. The van der Waals surface area contributed by atoms with Crippen molar-refractivity contribution in [2.45, 2.75) is 20.8 Å². The first-order valence-corrected chi connectivity index (χ1v) is 9.56. The van der Waals surface area contributed by atoms with Gasteiger partial charge < -0.3 is 9.47 Å². The molecule has 2 aromatic carbocycles. The monoisotopic (exact) mass is 396 g/mol. The Morgan fingerprint density at radius 2 is 1.86 bits per heavy atom. The third-order valence-corrected chi connectivity index (χ3v) is 4.24. The van der Waals surface area contributed by atoms with Crippen molar-refractivity contribution in [3.8, 4) is 17.2 Å². The van der Waals surface area contributed by atoms with Crippen LogP contribution in [0.1, 0.15) is 26.3 Å². The van der Waals surface area contributed by atoms with E-state index in [1.165, 1.54) is 28.9 Å². The van der Waals surface area contributed by atoms with Gasteiger partial charge in [-0.3, -0.25) is 9.89 Å². The van der Waals surface area contributed by atoms with Gasteiger partial charge in [0.25, 0.3) is 5.56 Å². The summed E-state index contributed by atoms with van der Waals surface area (Å²) in [5, 5.41) is 3.83. The van der Waals surface area contributed by atoms with E-state index in [-0.39, 0.29) is 11.4 Å². The van der Waals surface area contributed by atoms with Gasteiger partial charge in [0.15, 0.2) is 11.5 Å². The van der Waals surface area contributed by atoms with Crippen LogP contribution in [0.25, 0.3) is 18.3 Å². The number of hydrogen-bond acceptors (Lipinski definition) is 3. The highest BCUT2D eigenvalue weighted by Crippen LogP contribution is 2.29. The second-order valence-electron chi connectivity index (χ2n) is 7.11. The Hall–Kier alpha value is -3.28. The molecule has 0 bridgehead atoms. The molecule has 3 aromatic rings. The molecule has 152 valence electrons. The summed E-state index contributed by atoms with van der Waals surface area (Å²) in [6.07, 6.45) is 1.75. The molecule has 0 aliphatic rings. The van der Waals surface area contributed by atoms with Gasteiger partial charge in [-0.25, -0.2) is 9.07 Å². The lowest BCUT2D eigenvalue weighted by atomic mass is 10.1. The number of hydrogen-bond donors (Lipinski definition) is 1. The molecular formula is C23H25FN2O3. The number of nitrogens with one attached hydrogen (secondary N) is 1. The largest absolute Gasteiger partial charge is 0.490 e. The van der Waals surface area contributed by atoms with Gasteiger partial charge in [0.05, 0.1) is 29.5 Å². The summed E-state index contributed by atoms with van der Waals surface area (Å²) in [7, 11) is 0. The molecule has 1 heterocycles. The highest BCUT2D eigenvalue weighted by Gasteiger charge is 2.09. The van der Waals surface area contributed by atoms with Crippen molar-refractivity contribution in [1.29, 1.82) is 0 Å². The molecule has 0 radical (unpaired) electrons. The van der Waals surface area contributed by atoms with Crippen molar-refractivity contribution < 1.29 is 13.9 Å². The molecule has 5 nitrogen and oxygen atoms in total. The van der Waals surface area contributed by atoms with E-state index in [1.807, 2.05) is 25.1 Å². The number of aromatic nitrogens is 2. The normalized spacial score (nSPS) is 11.8. The lowest BCUT2D eigenvalue weighted by molar-refractivity contribution is 0.248. The molecule has 0 spiro atoms. The minimum atomic E-state index is -0.363. The molecule has 0 amide bonds. The van der Waals surface area contributed by atoms with Crippen LogP contribution in [0.4, 0.5) is 4.39 Å². The fraction of sp³-hybridized carbons (Fsp3) is 0.261. The highest BCUT2D eigenvalue weighted by atomic mass is 19.1. The van der Waals surface area contributed by atoms with Crippen LogP contribution in [0, 0.1) is 11.7 Å². The van der Waals surface area contributed by atoms with E-state index in [2.05, 4.69) is 25.5 Å². The summed E-state index contributed by atoms with van der Waals surface area (Å²) < 4.78 is 26.0. The second kappa shape index (κ2) is 8.82. The molecule has 0 atom stereocenters. The SMILES string of the molecule is C=c1[nH]n(-c2ccc(F)cc2)c(=O)/c1=C/c1ccc(OCC(C)C)c(OCC)c1. The molecule has 0 aliphatic heterocycles. The van der Waals surface area contributed by atoms with Crippen molar-refractivity contribution in [3.63, 3.8) is 0 Å². The average Bonchev–Trinajstić information content (AvgIpc) is 2.96.